The van der Waals surface area contributed by atoms with Crippen molar-refractivity contribution in [1.82, 2.24) is 10.6 Å². The van der Waals surface area contributed by atoms with Crippen molar-refractivity contribution in [2.45, 2.75) is 57.3 Å². The Hall–Kier alpha value is -1.69. The van der Waals surface area contributed by atoms with Gasteiger partial charge >= 0.3 is 6.61 Å². The van der Waals surface area contributed by atoms with E-state index in [0.29, 0.717) is 17.5 Å². The van der Waals surface area contributed by atoms with Crippen molar-refractivity contribution >= 4 is 5.91 Å². The molecule has 1 saturated heterocycles. The maximum absolute atomic E-state index is 12.4. The van der Waals surface area contributed by atoms with E-state index in [9.17, 15) is 13.6 Å². The SMILES string of the molecule is O=C(NCc1ccccc1OC(F)F)C1CC2CCCCC2N1. The Balaban J connectivity index is 1.55. The number of alkyl halides is 2. The van der Waals surface area contributed by atoms with Crippen LogP contribution in [-0.2, 0) is 11.3 Å². The monoisotopic (exact) mass is 324 g/mol. The van der Waals surface area contributed by atoms with Crippen LogP contribution >= 0.6 is 0 Å². The molecule has 3 rings (SSSR count). The predicted molar refractivity (Wildman–Crippen MR) is 82.2 cm³/mol. The Morgan fingerprint density at radius 2 is 2.09 bits per heavy atom. The Morgan fingerprint density at radius 3 is 2.87 bits per heavy atom. The maximum Gasteiger partial charge on any atom is 0.387 e. The normalized spacial score (nSPS) is 26.8. The Kier molecular flexibility index (Phi) is 5.10. The third-order valence-electron chi connectivity index (χ3n) is 4.82. The van der Waals surface area contributed by atoms with Crippen LogP contribution in [0.2, 0.25) is 0 Å². The summed E-state index contributed by atoms with van der Waals surface area (Å²) >= 11 is 0. The minimum absolute atomic E-state index is 0.0637. The van der Waals surface area contributed by atoms with Crippen LogP contribution in [-0.4, -0.2) is 24.6 Å². The number of fused-ring (bicyclic) bond motifs is 1. The van der Waals surface area contributed by atoms with E-state index in [4.69, 9.17) is 0 Å². The van der Waals surface area contributed by atoms with E-state index in [1.54, 1.807) is 18.2 Å². The van der Waals surface area contributed by atoms with Gasteiger partial charge in [0.25, 0.3) is 0 Å². The summed E-state index contributed by atoms with van der Waals surface area (Å²) in [6, 6.07) is 6.81. The number of hydrogen-bond acceptors (Lipinski definition) is 3. The molecule has 4 nitrogen and oxygen atoms in total. The molecule has 3 unspecified atom stereocenters. The highest BCUT2D eigenvalue weighted by Gasteiger charge is 2.38. The van der Waals surface area contributed by atoms with Gasteiger partial charge in [-0.3, -0.25) is 4.79 Å². The van der Waals surface area contributed by atoms with Crippen molar-refractivity contribution in [3.05, 3.63) is 29.8 Å². The zero-order chi connectivity index (χ0) is 16.2. The van der Waals surface area contributed by atoms with Crippen LogP contribution in [0.1, 0.15) is 37.7 Å². The van der Waals surface area contributed by atoms with Gasteiger partial charge in [-0.15, -0.1) is 0 Å². The maximum atomic E-state index is 12.4. The van der Waals surface area contributed by atoms with Crippen LogP contribution in [0.3, 0.4) is 0 Å². The van der Waals surface area contributed by atoms with Gasteiger partial charge in [-0.25, -0.2) is 0 Å². The van der Waals surface area contributed by atoms with Gasteiger partial charge in [0, 0.05) is 18.2 Å². The fraction of sp³-hybridized carbons (Fsp3) is 0.588. The fourth-order valence-corrected chi connectivity index (χ4v) is 3.69. The number of halogens is 2. The van der Waals surface area contributed by atoms with Crippen LogP contribution < -0.4 is 15.4 Å². The number of nitrogens with one attached hydrogen (secondary N) is 2. The number of ether oxygens (including phenoxy) is 1. The summed E-state index contributed by atoms with van der Waals surface area (Å²) < 4.78 is 29.3. The van der Waals surface area contributed by atoms with Crippen molar-refractivity contribution in [3.63, 3.8) is 0 Å². The van der Waals surface area contributed by atoms with Crippen LogP contribution in [0.25, 0.3) is 0 Å². The smallest absolute Gasteiger partial charge is 0.387 e. The first-order valence-electron chi connectivity index (χ1n) is 8.20. The largest absolute Gasteiger partial charge is 0.434 e. The van der Waals surface area contributed by atoms with Gasteiger partial charge < -0.3 is 15.4 Å². The van der Waals surface area contributed by atoms with Crippen molar-refractivity contribution in [1.29, 1.82) is 0 Å². The lowest BCUT2D eigenvalue weighted by atomic mass is 9.85. The molecule has 0 aromatic heterocycles. The Morgan fingerprint density at radius 1 is 1.30 bits per heavy atom. The van der Waals surface area contributed by atoms with Crippen LogP contribution in [0.15, 0.2) is 24.3 Å². The van der Waals surface area contributed by atoms with Gasteiger partial charge in [-0.1, -0.05) is 31.0 Å². The molecule has 2 N–H and O–H groups in total. The quantitative estimate of drug-likeness (QED) is 0.876. The number of hydrogen-bond donors (Lipinski definition) is 2. The van der Waals surface area contributed by atoms with Gasteiger partial charge in [0.2, 0.25) is 5.91 Å². The molecule has 2 fully saturated rings. The lowest BCUT2D eigenvalue weighted by Crippen LogP contribution is -2.42. The topological polar surface area (TPSA) is 50.4 Å². The Bertz CT molecular complexity index is 539. The van der Waals surface area contributed by atoms with Gasteiger partial charge in [0.05, 0.1) is 6.04 Å². The summed E-state index contributed by atoms with van der Waals surface area (Å²) in [4.78, 5) is 12.3. The first kappa shape index (κ1) is 16.2. The van der Waals surface area contributed by atoms with Crippen LogP contribution in [0, 0.1) is 5.92 Å². The summed E-state index contributed by atoms with van der Waals surface area (Å²) in [5.41, 5.74) is 0.552. The van der Waals surface area contributed by atoms with Crippen molar-refractivity contribution < 1.29 is 18.3 Å². The Labute approximate surface area is 134 Å². The number of carbonyl (C=O) groups is 1. The van der Waals surface area contributed by atoms with E-state index in [0.717, 1.165) is 12.8 Å². The summed E-state index contributed by atoms with van der Waals surface area (Å²) in [6.07, 6.45) is 5.66. The van der Waals surface area contributed by atoms with Crippen molar-refractivity contribution in [2.24, 2.45) is 5.92 Å². The molecule has 3 atom stereocenters. The molecule has 6 heteroatoms. The molecule has 23 heavy (non-hydrogen) atoms. The molecule has 1 amide bonds. The minimum atomic E-state index is -2.87. The van der Waals surface area contributed by atoms with Gasteiger partial charge in [0.15, 0.2) is 0 Å². The van der Waals surface area contributed by atoms with Crippen molar-refractivity contribution in [3.8, 4) is 5.75 Å². The third kappa shape index (κ3) is 3.99. The lowest BCUT2D eigenvalue weighted by Gasteiger charge is -2.24. The minimum Gasteiger partial charge on any atom is -0.434 e. The van der Waals surface area contributed by atoms with E-state index in [2.05, 4.69) is 15.4 Å². The molecule has 1 aliphatic carbocycles. The standard InChI is InChI=1S/C17H22F2N2O2/c18-17(19)23-15-8-4-2-6-12(15)10-20-16(22)14-9-11-5-1-3-7-13(11)21-14/h2,4,6,8,11,13-14,17,21H,1,3,5,7,9-10H2,(H,20,22). The number of carbonyl (C=O) groups excluding carboxylic acids is 1. The number of benzene rings is 1. The number of amides is 1. The van der Waals surface area contributed by atoms with Gasteiger partial charge in [0.1, 0.15) is 5.75 Å². The predicted octanol–water partition coefficient (Wildman–Crippen LogP) is 2.82. The molecular weight excluding hydrogens is 302 g/mol. The van der Waals surface area contributed by atoms with Crippen molar-refractivity contribution in [2.75, 3.05) is 0 Å². The molecule has 1 saturated carbocycles. The molecular formula is C17H22F2N2O2. The second kappa shape index (κ2) is 7.25. The van der Waals surface area contributed by atoms with E-state index in [-0.39, 0.29) is 24.2 Å². The summed E-state index contributed by atoms with van der Waals surface area (Å²) in [7, 11) is 0. The fourth-order valence-electron chi connectivity index (χ4n) is 3.69. The molecule has 0 radical (unpaired) electrons. The third-order valence-corrected chi connectivity index (χ3v) is 4.82. The molecule has 1 aliphatic heterocycles. The number of para-hydroxylation sites is 1. The molecule has 1 aromatic carbocycles. The highest BCUT2D eigenvalue weighted by molar-refractivity contribution is 5.82. The summed E-state index contributed by atoms with van der Waals surface area (Å²) in [5, 5.41) is 6.25. The van der Waals surface area contributed by atoms with Crippen LogP contribution in [0.5, 0.6) is 5.75 Å². The lowest BCUT2D eigenvalue weighted by molar-refractivity contribution is -0.123. The zero-order valence-electron chi connectivity index (χ0n) is 12.9. The van der Waals surface area contributed by atoms with E-state index in [1.165, 1.54) is 25.3 Å². The van der Waals surface area contributed by atoms with Gasteiger partial charge in [-0.2, -0.15) is 8.78 Å². The molecule has 126 valence electrons. The molecule has 0 spiro atoms. The first-order valence-corrected chi connectivity index (χ1v) is 8.20. The highest BCUT2D eigenvalue weighted by atomic mass is 19.3. The molecule has 0 bridgehead atoms. The molecule has 2 aliphatic rings. The molecule has 1 aromatic rings. The second-order valence-corrected chi connectivity index (χ2v) is 6.31. The average molecular weight is 324 g/mol. The average Bonchev–Trinajstić information content (AvgIpc) is 2.97. The van der Waals surface area contributed by atoms with E-state index < -0.39 is 6.61 Å². The summed E-state index contributed by atoms with van der Waals surface area (Å²) in [6.45, 7) is -2.68. The van der Waals surface area contributed by atoms with E-state index in [1.807, 2.05) is 0 Å². The summed E-state index contributed by atoms with van der Waals surface area (Å²) in [5.74, 6) is 0.635. The van der Waals surface area contributed by atoms with Gasteiger partial charge in [-0.05, 0) is 31.2 Å². The molecule has 1 heterocycles. The number of rotatable bonds is 5. The highest BCUT2D eigenvalue weighted by Crippen LogP contribution is 2.33. The first-order chi connectivity index (χ1) is 11.1. The second-order valence-electron chi connectivity index (χ2n) is 6.31. The van der Waals surface area contributed by atoms with Crippen LogP contribution in [0.4, 0.5) is 8.78 Å². The zero-order valence-corrected chi connectivity index (χ0v) is 12.9. The van der Waals surface area contributed by atoms with E-state index >= 15 is 0 Å².